The number of fused-ring (bicyclic) bond motifs is 2. The van der Waals surface area contributed by atoms with Crippen molar-refractivity contribution in [2.24, 2.45) is 0 Å². The predicted molar refractivity (Wildman–Crippen MR) is 96.7 cm³/mol. The summed E-state index contributed by atoms with van der Waals surface area (Å²) < 4.78 is 1.37. The third kappa shape index (κ3) is 2.12. The van der Waals surface area contributed by atoms with Crippen LogP contribution in [0, 0.1) is 6.92 Å². The van der Waals surface area contributed by atoms with E-state index in [4.69, 9.17) is 0 Å². The van der Waals surface area contributed by atoms with E-state index >= 15 is 0 Å². The first kappa shape index (κ1) is 14.5. The van der Waals surface area contributed by atoms with Crippen molar-refractivity contribution in [1.82, 2.24) is 35.0 Å². The van der Waals surface area contributed by atoms with Crippen LogP contribution < -0.4 is 5.56 Å². The molecule has 0 unspecified atom stereocenters. The summed E-state index contributed by atoms with van der Waals surface area (Å²) in [5.41, 5.74) is 5.82. The van der Waals surface area contributed by atoms with Crippen LogP contribution in [0.25, 0.3) is 39.2 Å². The zero-order valence-electron chi connectivity index (χ0n) is 13.8. The zero-order chi connectivity index (χ0) is 17.7. The molecular weight excluding hydrogens is 330 g/mol. The Kier molecular flexibility index (Phi) is 2.99. The van der Waals surface area contributed by atoms with Crippen molar-refractivity contribution >= 4 is 16.7 Å². The maximum Gasteiger partial charge on any atom is 0.274 e. The van der Waals surface area contributed by atoms with Gasteiger partial charge in [-0.3, -0.25) is 14.9 Å². The number of benzene rings is 1. The Morgan fingerprint density at radius 1 is 1.12 bits per heavy atom. The quantitative estimate of drug-likeness (QED) is 0.512. The third-order valence-corrected chi connectivity index (χ3v) is 4.35. The number of nitrogens with zero attached hydrogens (tertiary/aromatic N) is 5. The molecule has 0 fully saturated rings. The van der Waals surface area contributed by atoms with Gasteiger partial charge in [-0.05, 0) is 31.2 Å². The van der Waals surface area contributed by atoms with Crippen molar-refractivity contribution < 1.29 is 0 Å². The number of rotatable bonds is 2. The van der Waals surface area contributed by atoms with Crippen LogP contribution in [0.4, 0.5) is 0 Å². The van der Waals surface area contributed by atoms with Crippen molar-refractivity contribution in [3.8, 4) is 22.5 Å². The monoisotopic (exact) mass is 343 g/mol. The second kappa shape index (κ2) is 5.35. The molecule has 0 amide bonds. The number of aromatic amines is 2. The summed E-state index contributed by atoms with van der Waals surface area (Å²) >= 11 is 0. The van der Waals surface area contributed by atoms with Crippen LogP contribution >= 0.6 is 0 Å². The van der Waals surface area contributed by atoms with Crippen LogP contribution in [-0.2, 0) is 0 Å². The summed E-state index contributed by atoms with van der Waals surface area (Å²) in [7, 11) is 0. The summed E-state index contributed by atoms with van der Waals surface area (Å²) in [6.45, 7) is 1.87. The van der Waals surface area contributed by atoms with Crippen molar-refractivity contribution in [3.63, 3.8) is 0 Å². The summed E-state index contributed by atoms with van der Waals surface area (Å²) in [6.07, 6.45) is 1.72. The van der Waals surface area contributed by atoms with Gasteiger partial charge in [-0.1, -0.05) is 17.3 Å². The fourth-order valence-electron chi connectivity index (χ4n) is 3.13. The van der Waals surface area contributed by atoms with Gasteiger partial charge >= 0.3 is 0 Å². The predicted octanol–water partition coefficient (Wildman–Crippen LogP) is 2.33. The minimum atomic E-state index is -0.209. The Labute approximate surface area is 146 Å². The van der Waals surface area contributed by atoms with Crippen LogP contribution in [0.2, 0.25) is 0 Å². The first-order valence-electron chi connectivity index (χ1n) is 8.06. The lowest BCUT2D eigenvalue weighted by molar-refractivity contribution is 0.882. The van der Waals surface area contributed by atoms with Crippen LogP contribution in [0.15, 0.2) is 53.5 Å². The van der Waals surface area contributed by atoms with Gasteiger partial charge in [-0.15, -0.1) is 5.10 Å². The van der Waals surface area contributed by atoms with E-state index in [1.54, 1.807) is 6.20 Å². The average molecular weight is 343 g/mol. The molecule has 5 aromatic rings. The molecule has 8 heteroatoms. The highest BCUT2D eigenvalue weighted by atomic mass is 16.1. The number of hydrogen-bond donors (Lipinski definition) is 2. The Morgan fingerprint density at radius 3 is 2.88 bits per heavy atom. The van der Waals surface area contributed by atoms with Gasteiger partial charge in [-0.25, -0.2) is 0 Å². The number of pyridine rings is 1. The third-order valence-electron chi connectivity index (χ3n) is 4.35. The molecule has 5 rings (SSSR count). The smallest absolute Gasteiger partial charge is 0.274 e. The normalized spacial score (nSPS) is 11.4. The summed E-state index contributed by atoms with van der Waals surface area (Å²) in [4.78, 5) is 20.3. The summed E-state index contributed by atoms with van der Waals surface area (Å²) in [5.74, 6) is 0. The Hall–Kier alpha value is -3.81. The van der Waals surface area contributed by atoms with Crippen LogP contribution in [0.3, 0.4) is 0 Å². The number of hydrogen-bond acceptors (Lipinski definition) is 5. The molecule has 1 aromatic carbocycles. The van der Waals surface area contributed by atoms with Gasteiger partial charge in [0.25, 0.3) is 5.56 Å². The molecule has 0 spiro atoms. The molecule has 26 heavy (non-hydrogen) atoms. The first-order chi connectivity index (χ1) is 12.7. The van der Waals surface area contributed by atoms with Crippen LogP contribution in [0.1, 0.15) is 5.69 Å². The number of nitrogens with one attached hydrogen (secondary N) is 2. The molecule has 4 heterocycles. The van der Waals surface area contributed by atoms with E-state index in [1.165, 1.54) is 10.6 Å². The second-order valence-electron chi connectivity index (χ2n) is 6.00. The SMILES string of the molecule is Cc1nn2c(=O)cc(-c3ccc4[nH]nnc4c3)[nH]c2c1-c1ccccn1. The fraction of sp³-hybridized carbons (Fsp3) is 0.0556. The molecule has 0 saturated carbocycles. The Balaban J connectivity index is 1.79. The maximum absolute atomic E-state index is 12.6. The molecular formula is C18H13N7O. The average Bonchev–Trinajstić information content (AvgIpc) is 3.25. The molecule has 4 aromatic heterocycles. The lowest BCUT2D eigenvalue weighted by atomic mass is 10.1. The van der Waals surface area contributed by atoms with E-state index in [2.05, 4.69) is 30.5 Å². The topological polar surface area (TPSA) is 105 Å². The molecule has 0 bridgehead atoms. The van der Waals surface area contributed by atoms with Crippen molar-refractivity contribution in [2.45, 2.75) is 6.92 Å². The number of H-pyrrole nitrogens is 2. The standard InChI is InChI=1S/C18H13N7O/c1-10-17(13-4-2-3-7-19-13)18-20-14(9-16(26)25(18)23-10)11-5-6-12-15(8-11)22-24-21-12/h2-9,20H,1H3,(H,21,22,24). The molecule has 0 aliphatic heterocycles. The van der Waals surface area contributed by atoms with Crippen molar-refractivity contribution in [1.29, 1.82) is 0 Å². The molecule has 0 radical (unpaired) electrons. The molecule has 0 saturated heterocycles. The largest absolute Gasteiger partial charge is 0.339 e. The highest BCUT2D eigenvalue weighted by Gasteiger charge is 2.16. The molecule has 8 nitrogen and oxygen atoms in total. The van der Waals surface area contributed by atoms with E-state index in [9.17, 15) is 4.79 Å². The summed E-state index contributed by atoms with van der Waals surface area (Å²) in [6, 6.07) is 12.9. The molecule has 0 aliphatic carbocycles. The number of aryl methyl sites for hydroxylation is 1. The minimum absolute atomic E-state index is 0.209. The lowest BCUT2D eigenvalue weighted by Gasteiger charge is -2.05. The lowest BCUT2D eigenvalue weighted by Crippen LogP contribution is -2.14. The van der Waals surface area contributed by atoms with Crippen LogP contribution in [-0.4, -0.2) is 35.0 Å². The van der Waals surface area contributed by atoms with Gasteiger partial charge in [0, 0.05) is 17.8 Å². The van der Waals surface area contributed by atoms with Gasteiger partial charge < -0.3 is 4.98 Å². The molecule has 126 valence electrons. The Morgan fingerprint density at radius 2 is 2.04 bits per heavy atom. The van der Waals surface area contributed by atoms with Gasteiger partial charge in [0.2, 0.25) is 0 Å². The number of aromatic nitrogens is 7. The van der Waals surface area contributed by atoms with E-state index in [0.29, 0.717) is 11.3 Å². The van der Waals surface area contributed by atoms with Crippen LogP contribution in [0.5, 0.6) is 0 Å². The summed E-state index contributed by atoms with van der Waals surface area (Å²) in [5, 5.41) is 15.0. The van der Waals surface area contributed by atoms with E-state index in [-0.39, 0.29) is 5.56 Å². The Bertz CT molecular complexity index is 1310. The van der Waals surface area contributed by atoms with Crippen molar-refractivity contribution in [3.05, 3.63) is 64.7 Å². The maximum atomic E-state index is 12.6. The second-order valence-corrected chi connectivity index (χ2v) is 6.00. The van der Waals surface area contributed by atoms with E-state index < -0.39 is 0 Å². The van der Waals surface area contributed by atoms with Gasteiger partial charge in [-0.2, -0.15) is 9.61 Å². The zero-order valence-corrected chi connectivity index (χ0v) is 13.8. The van der Waals surface area contributed by atoms with E-state index in [0.717, 1.165) is 33.5 Å². The van der Waals surface area contributed by atoms with Gasteiger partial charge in [0.1, 0.15) is 11.2 Å². The minimum Gasteiger partial charge on any atom is -0.339 e. The van der Waals surface area contributed by atoms with E-state index in [1.807, 2.05) is 43.3 Å². The first-order valence-corrected chi connectivity index (χ1v) is 8.06. The highest BCUT2D eigenvalue weighted by molar-refractivity contribution is 5.82. The molecule has 0 atom stereocenters. The molecule has 0 aliphatic rings. The van der Waals surface area contributed by atoms with Gasteiger partial charge in [0.15, 0.2) is 0 Å². The van der Waals surface area contributed by atoms with Crippen molar-refractivity contribution in [2.75, 3.05) is 0 Å². The fourth-order valence-corrected chi connectivity index (χ4v) is 3.13. The van der Waals surface area contributed by atoms with Gasteiger partial charge in [0.05, 0.1) is 28.2 Å². The highest BCUT2D eigenvalue weighted by Crippen LogP contribution is 2.26. The molecule has 2 N–H and O–H groups in total.